The Kier molecular flexibility index (Phi) is 4.00. The topological polar surface area (TPSA) is 67.9 Å². The number of esters is 1. The number of pyridine rings is 2. The average Bonchev–Trinajstić information content (AvgIpc) is 3.14. The highest BCUT2D eigenvalue weighted by Gasteiger charge is 2.22. The molecule has 3 aromatic heterocycles. The van der Waals surface area contributed by atoms with E-state index in [4.69, 9.17) is 21.3 Å². The van der Waals surface area contributed by atoms with Crippen molar-refractivity contribution in [3.05, 3.63) is 70.9 Å². The van der Waals surface area contributed by atoms with Crippen molar-refractivity contribution in [2.45, 2.75) is 6.92 Å². The molecule has 0 radical (unpaired) electrons. The van der Waals surface area contributed by atoms with Crippen LogP contribution in [0.25, 0.3) is 44.1 Å². The lowest BCUT2D eigenvalue weighted by Gasteiger charge is -2.10. The number of fused-ring (bicyclic) bond motifs is 4. The van der Waals surface area contributed by atoms with Crippen LogP contribution in [-0.4, -0.2) is 28.0 Å². The van der Waals surface area contributed by atoms with Crippen molar-refractivity contribution in [3.8, 4) is 11.4 Å². The normalized spacial score (nSPS) is 11.4. The van der Waals surface area contributed by atoms with Gasteiger partial charge in [-0.25, -0.2) is 14.8 Å². The first-order chi connectivity index (χ1) is 14.1. The summed E-state index contributed by atoms with van der Waals surface area (Å²) in [6.07, 6.45) is 0. The lowest BCUT2D eigenvalue weighted by molar-refractivity contribution is 0.0593. The second-order valence-corrected chi connectivity index (χ2v) is 7.26. The van der Waals surface area contributed by atoms with Crippen molar-refractivity contribution < 1.29 is 9.53 Å². The number of carbonyl (C=O) groups is 1. The van der Waals surface area contributed by atoms with Gasteiger partial charge in [-0.2, -0.15) is 0 Å². The molecule has 0 aliphatic carbocycles. The van der Waals surface area contributed by atoms with Gasteiger partial charge in [0, 0.05) is 21.7 Å². The number of nitrogens with zero attached hydrogens (tertiary/aromatic N) is 2. The fourth-order valence-corrected chi connectivity index (χ4v) is 4.03. The summed E-state index contributed by atoms with van der Waals surface area (Å²) >= 11 is 6.36. The number of halogens is 1. The number of ether oxygens (including phenoxy) is 1. The van der Waals surface area contributed by atoms with Gasteiger partial charge in [0.05, 0.1) is 28.9 Å². The van der Waals surface area contributed by atoms with Crippen LogP contribution in [0.1, 0.15) is 16.1 Å². The van der Waals surface area contributed by atoms with Crippen LogP contribution in [0.5, 0.6) is 0 Å². The molecule has 0 saturated heterocycles. The van der Waals surface area contributed by atoms with Crippen molar-refractivity contribution in [2.75, 3.05) is 7.11 Å². The summed E-state index contributed by atoms with van der Waals surface area (Å²) in [5, 5.41) is 3.46. The lowest BCUT2D eigenvalue weighted by Crippen LogP contribution is -2.08. The Morgan fingerprint density at radius 2 is 1.86 bits per heavy atom. The zero-order valence-corrected chi connectivity index (χ0v) is 16.5. The summed E-state index contributed by atoms with van der Waals surface area (Å²) in [5.41, 5.74) is 4.76. The van der Waals surface area contributed by atoms with Crippen molar-refractivity contribution in [1.82, 2.24) is 15.0 Å². The number of aromatic nitrogens is 3. The van der Waals surface area contributed by atoms with Crippen LogP contribution in [0.4, 0.5) is 0 Å². The molecule has 0 bridgehead atoms. The third-order valence-corrected chi connectivity index (χ3v) is 5.49. The molecule has 2 aromatic carbocycles. The SMILES string of the molecule is COC(=O)c1nc(-c2ccc3cccc(Cl)c3n2)c2[nH]c3ccccc3c2c1C. The number of aromatic amines is 1. The van der Waals surface area contributed by atoms with E-state index in [0.29, 0.717) is 21.9 Å². The molecule has 0 saturated carbocycles. The summed E-state index contributed by atoms with van der Waals surface area (Å²) in [6, 6.07) is 17.5. The zero-order valence-electron chi connectivity index (χ0n) is 15.8. The Morgan fingerprint density at radius 3 is 2.69 bits per heavy atom. The average molecular weight is 402 g/mol. The van der Waals surface area contributed by atoms with Crippen LogP contribution in [0, 0.1) is 6.92 Å². The molecule has 3 heterocycles. The maximum Gasteiger partial charge on any atom is 0.356 e. The Hall–Kier alpha value is -3.44. The number of nitrogens with one attached hydrogen (secondary N) is 1. The largest absolute Gasteiger partial charge is 0.464 e. The van der Waals surface area contributed by atoms with Gasteiger partial charge in [-0.15, -0.1) is 0 Å². The minimum absolute atomic E-state index is 0.279. The summed E-state index contributed by atoms with van der Waals surface area (Å²) < 4.78 is 4.98. The highest BCUT2D eigenvalue weighted by molar-refractivity contribution is 6.35. The second-order valence-electron chi connectivity index (χ2n) is 6.85. The van der Waals surface area contributed by atoms with Gasteiger partial charge in [0.25, 0.3) is 0 Å². The van der Waals surface area contributed by atoms with E-state index in [0.717, 1.165) is 32.8 Å². The second kappa shape index (κ2) is 6.57. The van der Waals surface area contributed by atoms with Crippen molar-refractivity contribution in [3.63, 3.8) is 0 Å². The van der Waals surface area contributed by atoms with Gasteiger partial charge in [0.2, 0.25) is 0 Å². The summed E-state index contributed by atoms with van der Waals surface area (Å²) in [7, 11) is 1.36. The predicted octanol–water partition coefficient (Wildman–Crippen LogP) is 5.68. The summed E-state index contributed by atoms with van der Waals surface area (Å²) in [5.74, 6) is -0.477. The standard InChI is InChI=1S/C23H16ClN3O2/c1-12-18-14-7-3-4-9-16(14)25-22(18)21(27-19(12)23(28)29-2)17-11-10-13-6-5-8-15(24)20(13)26-17/h3-11,25H,1-2H3. The van der Waals surface area contributed by atoms with Gasteiger partial charge in [-0.05, 0) is 30.7 Å². The maximum absolute atomic E-state index is 12.4. The van der Waals surface area contributed by atoms with E-state index in [2.05, 4.69) is 9.97 Å². The quantitative estimate of drug-likeness (QED) is 0.386. The molecule has 6 heteroatoms. The number of carbonyl (C=O) groups excluding carboxylic acids is 1. The molecule has 0 aliphatic heterocycles. The van der Waals surface area contributed by atoms with Crippen LogP contribution in [0.15, 0.2) is 54.6 Å². The molecule has 5 rings (SSSR count). The monoisotopic (exact) mass is 401 g/mol. The molecule has 0 aliphatic rings. The molecule has 29 heavy (non-hydrogen) atoms. The van der Waals surface area contributed by atoms with Gasteiger partial charge in [0.1, 0.15) is 5.69 Å². The number of H-pyrrole nitrogens is 1. The predicted molar refractivity (Wildman–Crippen MR) is 115 cm³/mol. The first kappa shape index (κ1) is 17.6. The number of benzene rings is 2. The van der Waals surface area contributed by atoms with Gasteiger partial charge < -0.3 is 9.72 Å². The van der Waals surface area contributed by atoms with E-state index in [-0.39, 0.29) is 5.69 Å². The minimum atomic E-state index is -0.477. The van der Waals surface area contributed by atoms with Crippen LogP contribution in [-0.2, 0) is 4.74 Å². The number of para-hydroxylation sites is 2. The Bertz CT molecular complexity index is 1440. The molecule has 0 fully saturated rings. The van der Waals surface area contributed by atoms with E-state index < -0.39 is 5.97 Å². The van der Waals surface area contributed by atoms with E-state index in [1.165, 1.54) is 7.11 Å². The van der Waals surface area contributed by atoms with Crippen LogP contribution >= 0.6 is 11.6 Å². The fourth-order valence-electron chi connectivity index (χ4n) is 3.80. The molecule has 5 aromatic rings. The Morgan fingerprint density at radius 1 is 1.03 bits per heavy atom. The van der Waals surface area contributed by atoms with E-state index in [1.54, 1.807) is 0 Å². The third-order valence-electron chi connectivity index (χ3n) is 5.19. The first-order valence-electron chi connectivity index (χ1n) is 9.13. The van der Waals surface area contributed by atoms with Crippen molar-refractivity contribution in [2.24, 2.45) is 0 Å². The van der Waals surface area contributed by atoms with E-state index in [1.807, 2.05) is 61.5 Å². The Labute approximate surface area is 171 Å². The maximum atomic E-state index is 12.4. The smallest absolute Gasteiger partial charge is 0.356 e. The van der Waals surface area contributed by atoms with Crippen LogP contribution in [0.2, 0.25) is 5.02 Å². The highest BCUT2D eigenvalue weighted by Crippen LogP contribution is 2.36. The molecule has 0 unspecified atom stereocenters. The number of methoxy groups -OCH3 is 1. The van der Waals surface area contributed by atoms with E-state index in [9.17, 15) is 4.79 Å². The van der Waals surface area contributed by atoms with Crippen LogP contribution in [0.3, 0.4) is 0 Å². The third kappa shape index (κ3) is 2.66. The minimum Gasteiger partial charge on any atom is -0.464 e. The van der Waals surface area contributed by atoms with Crippen molar-refractivity contribution in [1.29, 1.82) is 0 Å². The molecule has 0 atom stereocenters. The summed E-state index contributed by atoms with van der Waals surface area (Å²) in [6.45, 7) is 1.89. The molecule has 0 amide bonds. The van der Waals surface area contributed by atoms with Gasteiger partial charge in [0.15, 0.2) is 5.69 Å². The molecule has 142 valence electrons. The number of hydrogen-bond donors (Lipinski definition) is 1. The summed E-state index contributed by atoms with van der Waals surface area (Å²) in [4.78, 5) is 25.3. The van der Waals surface area contributed by atoms with Crippen molar-refractivity contribution >= 4 is 50.3 Å². The Balaban J connectivity index is 1.91. The highest BCUT2D eigenvalue weighted by atomic mass is 35.5. The zero-order chi connectivity index (χ0) is 20.1. The number of hydrogen-bond acceptors (Lipinski definition) is 4. The number of rotatable bonds is 2. The lowest BCUT2D eigenvalue weighted by atomic mass is 10.0. The number of aryl methyl sites for hydroxylation is 1. The van der Waals surface area contributed by atoms with E-state index >= 15 is 0 Å². The van der Waals surface area contributed by atoms with Gasteiger partial charge in [-0.3, -0.25) is 0 Å². The molecule has 1 N–H and O–H groups in total. The molecule has 5 nitrogen and oxygen atoms in total. The molecular formula is C23H16ClN3O2. The molecule has 0 spiro atoms. The van der Waals surface area contributed by atoms with Gasteiger partial charge >= 0.3 is 5.97 Å². The first-order valence-corrected chi connectivity index (χ1v) is 9.51. The molecular weight excluding hydrogens is 386 g/mol. The fraction of sp³-hybridized carbons (Fsp3) is 0.0870. The van der Waals surface area contributed by atoms with Gasteiger partial charge in [-0.1, -0.05) is 48.0 Å². The van der Waals surface area contributed by atoms with Crippen LogP contribution < -0.4 is 0 Å².